The van der Waals surface area contributed by atoms with Gasteiger partial charge in [-0.25, -0.2) is 14.8 Å². The van der Waals surface area contributed by atoms with Gasteiger partial charge in [0.25, 0.3) is 0 Å². The minimum Gasteiger partial charge on any atom is -0.481 e. The molecule has 0 aliphatic carbocycles. The molecule has 2 aromatic rings. The summed E-state index contributed by atoms with van der Waals surface area (Å²) in [5.41, 5.74) is 1.95. The Kier molecular flexibility index (Phi) is 4.49. The summed E-state index contributed by atoms with van der Waals surface area (Å²) in [6, 6.07) is 6.91. The molecule has 0 fully saturated rings. The smallest absolute Gasteiger partial charge is 0.320 e. The third kappa shape index (κ3) is 3.94. The molecular weight excluding hydrogens is 256 g/mol. The summed E-state index contributed by atoms with van der Waals surface area (Å²) >= 11 is 0. The number of rotatable bonds is 4. The van der Waals surface area contributed by atoms with Gasteiger partial charge in [0.05, 0.1) is 7.11 Å². The SMILES string of the molecule is COc1cc(CNC(=O)Nc2ccc(C)cn2)ccn1. The summed E-state index contributed by atoms with van der Waals surface area (Å²) in [6.07, 6.45) is 3.33. The molecule has 0 saturated heterocycles. The van der Waals surface area contributed by atoms with Crippen LogP contribution in [0.1, 0.15) is 11.1 Å². The molecule has 6 nitrogen and oxygen atoms in total. The molecule has 0 bridgehead atoms. The first-order valence-corrected chi connectivity index (χ1v) is 6.14. The fourth-order valence-corrected chi connectivity index (χ4v) is 1.56. The summed E-state index contributed by atoms with van der Waals surface area (Å²) in [6.45, 7) is 2.32. The number of pyridine rings is 2. The molecule has 0 radical (unpaired) electrons. The number of ether oxygens (including phenoxy) is 1. The number of anilines is 1. The number of nitrogens with one attached hydrogen (secondary N) is 2. The first-order valence-electron chi connectivity index (χ1n) is 6.14. The second-order valence-corrected chi connectivity index (χ2v) is 4.23. The normalized spacial score (nSPS) is 9.90. The van der Waals surface area contributed by atoms with E-state index in [2.05, 4.69) is 20.6 Å². The predicted octanol–water partition coefficient (Wildman–Crippen LogP) is 2.12. The van der Waals surface area contributed by atoms with Crippen LogP contribution in [0, 0.1) is 6.92 Å². The zero-order chi connectivity index (χ0) is 14.4. The molecule has 20 heavy (non-hydrogen) atoms. The van der Waals surface area contributed by atoms with Crippen molar-refractivity contribution in [1.29, 1.82) is 0 Å². The van der Waals surface area contributed by atoms with Crippen molar-refractivity contribution in [1.82, 2.24) is 15.3 Å². The number of aromatic nitrogens is 2. The maximum atomic E-state index is 11.7. The van der Waals surface area contributed by atoms with Gasteiger partial charge in [-0.1, -0.05) is 6.07 Å². The average molecular weight is 272 g/mol. The number of nitrogens with zero attached hydrogens (tertiary/aromatic N) is 2. The van der Waals surface area contributed by atoms with Crippen LogP contribution in [-0.4, -0.2) is 23.1 Å². The lowest BCUT2D eigenvalue weighted by Crippen LogP contribution is -2.28. The van der Waals surface area contributed by atoms with Crippen LogP contribution in [0.15, 0.2) is 36.7 Å². The van der Waals surface area contributed by atoms with Crippen LogP contribution in [0.25, 0.3) is 0 Å². The van der Waals surface area contributed by atoms with E-state index < -0.39 is 0 Å². The average Bonchev–Trinajstić information content (AvgIpc) is 2.48. The first kappa shape index (κ1) is 13.8. The van der Waals surface area contributed by atoms with E-state index in [4.69, 9.17) is 4.74 Å². The molecule has 6 heteroatoms. The second kappa shape index (κ2) is 6.51. The van der Waals surface area contributed by atoms with E-state index in [9.17, 15) is 4.79 Å². The fraction of sp³-hybridized carbons (Fsp3) is 0.214. The van der Waals surface area contributed by atoms with Crippen molar-refractivity contribution in [2.45, 2.75) is 13.5 Å². The fourth-order valence-electron chi connectivity index (χ4n) is 1.56. The molecule has 0 atom stereocenters. The minimum absolute atomic E-state index is 0.308. The number of carbonyl (C=O) groups is 1. The topological polar surface area (TPSA) is 76.1 Å². The van der Waals surface area contributed by atoms with E-state index in [1.807, 2.05) is 19.1 Å². The number of amides is 2. The van der Waals surface area contributed by atoms with Crippen molar-refractivity contribution in [3.63, 3.8) is 0 Å². The molecule has 2 aromatic heterocycles. The van der Waals surface area contributed by atoms with Gasteiger partial charge in [-0.2, -0.15) is 0 Å². The Hall–Kier alpha value is -2.63. The lowest BCUT2D eigenvalue weighted by atomic mass is 10.2. The summed E-state index contributed by atoms with van der Waals surface area (Å²) in [5, 5.41) is 5.40. The molecular formula is C14H16N4O2. The molecule has 0 aromatic carbocycles. The zero-order valence-electron chi connectivity index (χ0n) is 11.4. The van der Waals surface area contributed by atoms with Crippen molar-refractivity contribution in [2.24, 2.45) is 0 Å². The molecule has 2 amide bonds. The van der Waals surface area contributed by atoms with Gasteiger partial charge in [-0.15, -0.1) is 0 Å². The monoisotopic (exact) mass is 272 g/mol. The molecule has 2 rings (SSSR count). The molecule has 0 aliphatic rings. The molecule has 2 N–H and O–H groups in total. The van der Waals surface area contributed by atoms with Crippen molar-refractivity contribution in [2.75, 3.05) is 12.4 Å². The van der Waals surface area contributed by atoms with E-state index in [1.165, 1.54) is 0 Å². The van der Waals surface area contributed by atoms with Crippen LogP contribution < -0.4 is 15.4 Å². The van der Waals surface area contributed by atoms with Gasteiger partial charge in [0.2, 0.25) is 5.88 Å². The van der Waals surface area contributed by atoms with Gasteiger partial charge < -0.3 is 10.1 Å². The highest BCUT2D eigenvalue weighted by atomic mass is 16.5. The van der Waals surface area contributed by atoms with Gasteiger partial charge in [-0.3, -0.25) is 5.32 Å². The Morgan fingerprint density at radius 3 is 2.85 bits per heavy atom. The van der Waals surface area contributed by atoms with Crippen LogP contribution >= 0.6 is 0 Å². The highest BCUT2D eigenvalue weighted by molar-refractivity contribution is 5.88. The predicted molar refractivity (Wildman–Crippen MR) is 75.6 cm³/mol. The second-order valence-electron chi connectivity index (χ2n) is 4.23. The van der Waals surface area contributed by atoms with Crippen molar-refractivity contribution in [3.8, 4) is 5.88 Å². The van der Waals surface area contributed by atoms with Gasteiger partial charge in [0.15, 0.2) is 0 Å². The highest BCUT2D eigenvalue weighted by Crippen LogP contribution is 2.08. The molecule has 0 unspecified atom stereocenters. The van der Waals surface area contributed by atoms with E-state index in [0.29, 0.717) is 18.2 Å². The summed E-state index contributed by atoms with van der Waals surface area (Å²) in [4.78, 5) is 19.8. The van der Waals surface area contributed by atoms with Crippen LogP contribution in [-0.2, 0) is 6.54 Å². The zero-order valence-corrected chi connectivity index (χ0v) is 11.4. The number of aryl methyl sites for hydroxylation is 1. The molecule has 0 saturated carbocycles. The standard InChI is InChI=1S/C14H16N4O2/c1-10-3-4-12(16-8-10)18-14(19)17-9-11-5-6-15-13(7-11)20-2/h3-8H,9H2,1-2H3,(H2,16,17,18,19). The van der Waals surface area contributed by atoms with Gasteiger partial charge in [-0.05, 0) is 30.2 Å². The third-order valence-electron chi connectivity index (χ3n) is 2.61. The Balaban J connectivity index is 1.87. The van der Waals surface area contributed by atoms with Crippen molar-refractivity contribution in [3.05, 3.63) is 47.8 Å². The van der Waals surface area contributed by atoms with Crippen LogP contribution in [0.3, 0.4) is 0 Å². The Morgan fingerprint density at radius 2 is 2.15 bits per heavy atom. The van der Waals surface area contributed by atoms with Gasteiger partial charge in [0, 0.05) is 25.0 Å². The minimum atomic E-state index is -0.308. The Morgan fingerprint density at radius 1 is 1.30 bits per heavy atom. The highest BCUT2D eigenvalue weighted by Gasteiger charge is 2.03. The molecule has 0 aliphatic heterocycles. The van der Waals surface area contributed by atoms with Gasteiger partial charge >= 0.3 is 6.03 Å². The number of hydrogen-bond acceptors (Lipinski definition) is 4. The molecule has 104 valence electrons. The number of urea groups is 1. The largest absolute Gasteiger partial charge is 0.481 e. The summed E-state index contributed by atoms with van der Waals surface area (Å²) in [5.74, 6) is 1.03. The van der Waals surface area contributed by atoms with E-state index in [-0.39, 0.29) is 6.03 Å². The molecule has 2 heterocycles. The number of hydrogen-bond donors (Lipinski definition) is 2. The molecule has 0 spiro atoms. The lowest BCUT2D eigenvalue weighted by Gasteiger charge is -2.08. The van der Waals surface area contributed by atoms with Crippen molar-refractivity contribution < 1.29 is 9.53 Å². The number of carbonyl (C=O) groups excluding carboxylic acids is 1. The van der Waals surface area contributed by atoms with Gasteiger partial charge in [0.1, 0.15) is 5.82 Å². The quantitative estimate of drug-likeness (QED) is 0.893. The lowest BCUT2D eigenvalue weighted by molar-refractivity contribution is 0.251. The maximum Gasteiger partial charge on any atom is 0.320 e. The van der Waals surface area contributed by atoms with Crippen LogP contribution in [0.4, 0.5) is 10.6 Å². The maximum absolute atomic E-state index is 11.7. The van der Waals surface area contributed by atoms with Crippen LogP contribution in [0.2, 0.25) is 0 Å². The summed E-state index contributed by atoms with van der Waals surface area (Å²) < 4.78 is 5.02. The first-order chi connectivity index (χ1) is 9.67. The Bertz CT molecular complexity index is 584. The Labute approximate surface area is 117 Å². The van der Waals surface area contributed by atoms with E-state index in [0.717, 1.165) is 11.1 Å². The van der Waals surface area contributed by atoms with E-state index in [1.54, 1.807) is 31.6 Å². The summed E-state index contributed by atoms with van der Waals surface area (Å²) in [7, 11) is 1.55. The third-order valence-corrected chi connectivity index (χ3v) is 2.61. The van der Waals surface area contributed by atoms with Crippen LogP contribution in [0.5, 0.6) is 5.88 Å². The van der Waals surface area contributed by atoms with Crippen molar-refractivity contribution >= 4 is 11.8 Å². The number of methoxy groups -OCH3 is 1. The van der Waals surface area contributed by atoms with E-state index >= 15 is 0 Å².